The highest BCUT2D eigenvalue weighted by Gasteiger charge is 2.48. The summed E-state index contributed by atoms with van der Waals surface area (Å²) in [5.41, 5.74) is 0. The van der Waals surface area contributed by atoms with Crippen molar-refractivity contribution in [3.8, 4) is 0 Å². The fraction of sp³-hybridized carbons (Fsp3) is 0.944. The van der Waals surface area contributed by atoms with Crippen LogP contribution in [0.25, 0.3) is 0 Å². The van der Waals surface area contributed by atoms with Crippen LogP contribution >= 0.6 is 0 Å². The van der Waals surface area contributed by atoms with Crippen molar-refractivity contribution < 1.29 is 9.90 Å². The number of carbonyl (C=O) groups is 1. The lowest BCUT2D eigenvalue weighted by atomic mass is 9.82. The van der Waals surface area contributed by atoms with E-state index in [0.717, 1.165) is 12.8 Å². The average molecular weight is 321 g/mol. The molecule has 130 valence electrons. The van der Waals surface area contributed by atoms with Gasteiger partial charge in [-0.05, 0) is 63.8 Å². The molecule has 0 aromatic heterocycles. The second-order valence-corrected chi connectivity index (χ2v) is 8.40. The summed E-state index contributed by atoms with van der Waals surface area (Å²) in [6, 6.07) is 1.77. The molecule has 2 saturated heterocycles. The number of carbonyl (C=O) groups excluding carboxylic acids is 1. The van der Waals surface area contributed by atoms with Gasteiger partial charge in [0.25, 0.3) is 0 Å². The number of hydrogen-bond donors (Lipinski definition) is 3. The van der Waals surface area contributed by atoms with Gasteiger partial charge in [-0.3, -0.25) is 0 Å². The molecule has 4 aliphatic rings. The Morgan fingerprint density at radius 2 is 1.74 bits per heavy atom. The fourth-order valence-electron chi connectivity index (χ4n) is 6.01. The number of aliphatic hydroxyl groups is 1. The average Bonchev–Trinajstić information content (AvgIpc) is 3.09. The minimum absolute atomic E-state index is 0.00590. The van der Waals surface area contributed by atoms with Gasteiger partial charge >= 0.3 is 6.03 Å². The molecule has 6 atom stereocenters. The van der Waals surface area contributed by atoms with Crippen LogP contribution in [0.1, 0.15) is 51.4 Å². The Labute approximate surface area is 139 Å². The van der Waals surface area contributed by atoms with E-state index in [0.29, 0.717) is 30.0 Å². The van der Waals surface area contributed by atoms with Crippen LogP contribution in [0.2, 0.25) is 0 Å². The lowest BCUT2D eigenvalue weighted by Gasteiger charge is -2.47. The minimum atomic E-state index is -0.00590. The molecule has 2 heterocycles. The van der Waals surface area contributed by atoms with Crippen LogP contribution < -0.4 is 10.6 Å². The molecule has 23 heavy (non-hydrogen) atoms. The number of amides is 2. The Bertz CT molecular complexity index is 444. The lowest BCUT2D eigenvalue weighted by molar-refractivity contribution is 0.0505. The molecule has 0 radical (unpaired) electrons. The molecule has 3 N–H and O–H groups in total. The molecule has 4 rings (SSSR count). The second kappa shape index (κ2) is 6.25. The van der Waals surface area contributed by atoms with Gasteiger partial charge in [0.05, 0.1) is 0 Å². The zero-order chi connectivity index (χ0) is 16.0. The summed E-state index contributed by atoms with van der Waals surface area (Å²) in [5.74, 6) is 1.48. The van der Waals surface area contributed by atoms with Gasteiger partial charge in [0.2, 0.25) is 0 Å². The normalized spacial score (nSPS) is 45.9. The Balaban J connectivity index is 1.32. The van der Waals surface area contributed by atoms with Crippen LogP contribution in [-0.4, -0.2) is 53.9 Å². The third-order valence-corrected chi connectivity index (χ3v) is 7.27. The second-order valence-electron chi connectivity index (χ2n) is 8.40. The summed E-state index contributed by atoms with van der Waals surface area (Å²) >= 11 is 0. The number of nitrogens with one attached hydrogen (secondary N) is 2. The zero-order valence-corrected chi connectivity index (χ0v) is 14.2. The number of rotatable bonds is 3. The first kappa shape index (κ1) is 15.7. The molecular weight excluding hydrogens is 290 g/mol. The van der Waals surface area contributed by atoms with Crippen molar-refractivity contribution in [2.24, 2.45) is 17.8 Å². The standard InChI is InChI=1S/C18H31N3O2/c1-21-14-3-2-4-15(21)9-13(8-14)19-18(23)20-17-12-6-5-11(7-12)16(17)10-22/h11-17,22H,2-10H2,1H3,(H2,19,20,23). The highest BCUT2D eigenvalue weighted by Crippen LogP contribution is 2.48. The van der Waals surface area contributed by atoms with Gasteiger partial charge in [0, 0.05) is 36.7 Å². The van der Waals surface area contributed by atoms with Gasteiger partial charge in [0.15, 0.2) is 0 Å². The molecule has 4 bridgehead atoms. The first-order valence-electron chi connectivity index (χ1n) is 9.55. The van der Waals surface area contributed by atoms with Crippen molar-refractivity contribution in [3.63, 3.8) is 0 Å². The van der Waals surface area contributed by atoms with Gasteiger partial charge in [-0.2, -0.15) is 0 Å². The molecule has 6 unspecified atom stereocenters. The van der Waals surface area contributed by atoms with E-state index in [9.17, 15) is 9.90 Å². The minimum Gasteiger partial charge on any atom is -0.396 e. The smallest absolute Gasteiger partial charge is 0.315 e. The van der Waals surface area contributed by atoms with Crippen LogP contribution in [0.5, 0.6) is 0 Å². The molecule has 0 aromatic carbocycles. The highest BCUT2D eigenvalue weighted by molar-refractivity contribution is 5.74. The fourth-order valence-corrected chi connectivity index (χ4v) is 6.01. The van der Waals surface area contributed by atoms with E-state index >= 15 is 0 Å². The van der Waals surface area contributed by atoms with Gasteiger partial charge in [-0.1, -0.05) is 6.42 Å². The van der Waals surface area contributed by atoms with Crippen LogP contribution in [0, 0.1) is 17.8 Å². The molecule has 5 nitrogen and oxygen atoms in total. The van der Waals surface area contributed by atoms with E-state index < -0.39 is 0 Å². The SMILES string of the molecule is CN1C2CCCC1CC(NC(=O)NC1C3CCC(C3)C1CO)C2. The zero-order valence-electron chi connectivity index (χ0n) is 14.2. The van der Waals surface area contributed by atoms with E-state index in [4.69, 9.17) is 0 Å². The number of piperidine rings is 2. The number of nitrogens with zero attached hydrogens (tertiary/aromatic N) is 1. The monoisotopic (exact) mass is 321 g/mol. The molecule has 2 saturated carbocycles. The van der Waals surface area contributed by atoms with Crippen molar-refractivity contribution in [1.82, 2.24) is 15.5 Å². The van der Waals surface area contributed by atoms with Crippen molar-refractivity contribution in [1.29, 1.82) is 0 Å². The molecule has 2 amide bonds. The maximum Gasteiger partial charge on any atom is 0.315 e. The Morgan fingerprint density at radius 3 is 2.43 bits per heavy atom. The van der Waals surface area contributed by atoms with E-state index in [1.807, 2.05) is 0 Å². The van der Waals surface area contributed by atoms with Crippen molar-refractivity contribution in [2.75, 3.05) is 13.7 Å². The van der Waals surface area contributed by atoms with E-state index in [-0.39, 0.29) is 24.6 Å². The molecule has 4 fully saturated rings. The predicted octanol–water partition coefficient (Wildman–Crippen LogP) is 1.71. The lowest BCUT2D eigenvalue weighted by Crippen LogP contribution is -2.58. The van der Waals surface area contributed by atoms with Crippen LogP contribution in [0.3, 0.4) is 0 Å². The van der Waals surface area contributed by atoms with E-state index in [1.165, 1.54) is 38.5 Å². The first-order chi connectivity index (χ1) is 11.2. The number of aliphatic hydroxyl groups excluding tert-OH is 1. The third-order valence-electron chi connectivity index (χ3n) is 7.27. The highest BCUT2D eigenvalue weighted by atomic mass is 16.3. The van der Waals surface area contributed by atoms with Crippen molar-refractivity contribution in [2.45, 2.75) is 75.5 Å². The number of fused-ring (bicyclic) bond motifs is 4. The largest absolute Gasteiger partial charge is 0.396 e. The maximum absolute atomic E-state index is 12.5. The summed E-state index contributed by atoms with van der Waals surface area (Å²) in [4.78, 5) is 15.0. The summed E-state index contributed by atoms with van der Waals surface area (Å²) in [5, 5.41) is 16.1. The Kier molecular flexibility index (Phi) is 4.26. The van der Waals surface area contributed by atoms with Gasteiger partial charge < -0.3 is 20.6 Å². The van der Waals surface area contributed by atoms with Gasteiger partial charge in [-0.15, -0.1) is 0 Å². The predicted molar refractivity (Wildman–Crippen MR) is 89.1 cm³/mol. The quantitative estimate of drug-likeness (QED) is 0.741. The van der Waals surface area contributed by atoms with Crippen molar-refractivity contribution in [3.05, 3.63) is 0 Å². The topological polar surface area (TPSA) is 64.6 Å². The van der Waals surface area contributed by atoms with Crippen LogP contribution in [0.4, 0.5) is 4.79 Å². The van der Waals surface area contributed by atoms with Gasteiger partial charge in [0.1, 0.15) is 0 Å². The van der Waals surface area contributed by atoms with E-state index in [1.54, 1.807) is 0 Å². The molecule has 5 heteroatoms. The van der Waals surface area contributed by atoms with E-state index in [2.05, 4.69) is 22.6 Å². The molecule has 0 aromatic rings. The number of hydrogen-bond acceptors (Lipinski definition) is 3. The third kappa shape index (κ3) is 2.86. The number of urea groups is 1. The maximum atomic E-state index is 12.5. The first-order valence-corrected chi connectivity index (χ1v) is 9.55. The van der Waals surface area contributed by atoms with Gasteiger partial charge in [-0.25, -0.2) is 4.79 Å². The Hall–Kier alpha value is -0.810. The Morgan fingerprint density at radius 1 is 1.04 bits per heavy atom. The molecule has 0 spiro atoms. The summed E-state index contributed by atoms with van der Waals surface area (Å²) < 4.78 is 0. The summed E-state index contributed by atoms with van der Waals surface area (Å²) in [6.45, 7) is 0.213. The van der Waals surface area contributed by atoms with Crippen LogP contribution in [0.15, 0.2) is 0 Å². The molecular formula is C18H31N3O2. The summed E-state index contributed by atoms with van der Waals surface area (Å²) in [7, 11) is 2.24. The van der Waals surface area contributed by atoms with Crippen LogP contribution in [-0.2, 0) is 0 Å². The van der Waals surface area contributed by atoms with Crippen molar-refractivity contribution >= 4 is 6.03 Å². The summed E-state index contributed by atoms with van der Waals surface area (Å²) in [6.07, 6.45) is 9.67. The molecule has 2 aliphatic heterocycles. The molecule has 2 aliphatic carbocycles.